The fourth-order valence-corrected chi connectivity index (χ4v) is 2.26. The Morgan fingerprint density at radius 2 is 2.19 bits per heavy atom. The number of ether oxygens (including phenoxy) is 1. The summed E-state index contributed by atoms with van der Waals surface area (Å²) in [6, 6.07) is 0. The summed E-state index contributed by atoms with van der Waals surface area (Å²) in [6.45, 7) is 5.01. The Hall–Kier alpha value is -0.520. The molecule has 1 fully saturated rings. The second-order valence-corrected chi connectivity index (χ2v) is 4.84. The summed E-state index contributed by atoms with van der Waals surface area (Å²) in [7, 11) is 0. The zero-order valence-corrected chi connectivity index (χ0v) is 10.4. The van der Waals surface area contributed by atoms with Crippen molar-refractivity contribution in [3.05, 3.63) is 12.2 Å². The first kappa shape index (κ1) is 13.5. The number of thioether (sulfide) groups is 1. The molecule has 92 valence electrons. The van der Waals surface area contributed by atoms with Crippen LogP contribution in [-0.2, 0) is 9.53 Å². The zero-order valence-electron chi connectivity index (χ0n) is 9.56. The molecule has 16 heavy (non-hydrogen) atoms. The highest BCUT2D eigenvalue weighted by atomic mass is 32.2. The summed E-state index contributed by atoms with van der Waals surface area (Å²) in [5.41, 5.74) is 4.98. The van der Waals surface area contributed by atoms with Crippen LogP contribution in [0.15, 0.2) is 12.2 Å². The Kier molecular flexibility index (Phi) is 7.29. The highest BCUT2D eigenvalue weighted by Crippen LogP contribution is 2.05. The van der Waals surface area contributed by atoms with Gasteiger partial charge in [0.05, 0.1) is 13.2 Å². The van der Waals surface area contributed by atoms with Crippen LogP contribution in [-0.4, -0.2) is 55.2 Å². The molecule has 2 N–H and O–H groups in total. The molecule has 5 heteroatoms. The van der Waals surface area contributed by atoms with Gasteiger partial charge in [0, 0.05) is 18.8 Å². The van der Waals surface area contributed by atoms with Crippen molar-refractivity contribution < 1.29 is 9.53 Å². The Morgan fingerprint density at radius 3 is 2.88 bits per heavy atom. The Bertz CT molecular complexity index is 228. The molecule has 0 atom stereocenters. The Morgan fingerprint density at radius 1 is 1.44 bits per heavy atom. The molecular formula is C11H20N2O2S. The fraction of sp³-hybridized carbons (Fsp3) is 0.727. The van der Waals surface area contributed by atoms with Gasteiger partial charge in [0.2, 0.25) is 5.91 Å². The third-order valence-electron chi connectivity index (χ3n) is 2.36. The van der Waals surface area contributed by atoms with Crippen LogP contribution in [0.3, 0.4) is 0 Å². The number of morpholine rings is 1. The van der Waals surface area contributed by atoms with Crippen molar-refractivity contribution in [3.8, 4) is 0 Å². The molecule has 4 nitrogen and oxygen atoms in total. The number of amides is 1. The number of hydrogen-bond donors (Lipinski definition) is 1. The number of primary amides is 1. The molecule has 0 spiro atoms. The summed E-state index contributed by atoms with van der Waals surface area (Å²) in [5, 5.41) is 0. The second kappa shape index (κ2) is 8.61. The largest absolute Gasteiger partial charge is 0.379 e. The van der Waals surface area contributed by atoms with E-state index < -0.39 is 0 Å². The van der Waals surface area contributed by atoms with Crippen molar-refractivity contribution in [2.45, 2.75) is 6.42 Å². The van der Waals surface area contributed by atoms with Crippen molar-refractivity contribution in [1.29, 1.82) is 0 Å². The van der Waals surface area contributed by atoms with E-state index in [2.05, 4.69) is 4.90 Å². The van der Waals surface area contributed by atoms with E-state index in [-0.39, 0.29) is 5.91 Å². The first-order chi connectivity index (χ1) is 7.79. The third kappa shape index (κ3) is 6.87. The number of nitrogens with two attached hydrogens (primary N) is 1. The molecule has 1 aliphatic heterocycles. The van der Waals surface area contributed by atoms with Crippen molar-refractivity contribution in [2.24, 2.45) is 5.73 Å². The Labute approximate surface area is 101 Å². The molecule has 0 aromatic rings. The highest BCUT2D eigenvalue weighted by molar-refractivity contribution is 7.99. The minimum Gasteiger partial charge on any atom is -0.379 e. The van der Waals surface area contributed by atoms with Crippen LogP contribution in [0.1, 0.15) is 6.42 Å². The van der Waals surface area contributed by atoms with Crippen LogP contribution in [0.25, 0.3) is 0 Å². The maximum absolute atomic E-state index is 10.4. The molecule has 0 bridgehead atoms. The van der Waals surface area contributed by atoms with Crippen molar-refractivity contribution in [2.75, 3.05) is 44.4 Å². The van der Waals surface area contributed by atoms with Gasteiger partial charge in [-0.15, -0.1) is 0 Å². The number of nitrogens with zero attached hydrogens (tertiary/aromatic N) is 1. The van der Waals surface area contributed by atoms with E-state index in [0.717, 1.165) is 44.4 Å². The SMILES string of the molecule is NC(=O)/C=C/CSCCCN1CCOCC1. The lowest BCUT2D eigenvalue weighted by atomic mass is 10.4. The van der Waals surface area contributed by atoms with Crippen molar-refractivity contribution >= 4 is 17.7 Å². The molecular weight excluding hydrogens is 224 g/mol. The van der Waals surface area contributed by atoms with Gasteiger partial charge in [0.15, 0.2) is 0 Å². The average molecular weight is 244 g/mol. The van der Waals surface area contributed by atoms with Gasteiger partial charge in [-0.2, -0.15) is 11.8 Å². The van der Waals surface area contributed by atoms with E-state index >= 15 is 0 Å². The van der Waals surface area contributed by atoms with E-state index in [4.69, 9.17) is 10.5 Å². The summed E-state index contributed by atoms with van der Waals surface area (Å²) >= 11 is 1.83. The predicted octanol–water partition coefficient (Wildman–Crippen LogP) is 0.483. The third-order valence-corrected chi connectivity index (χ3v) is 3.37. The number of carbonyl (C=O) groups is 1. The van der Waals surface area contributed by atoms with Crippen LogP contribution >= 0.6 is 11.8 Å². The lowest BCUT2D eigenvalue weighted by molar-refractivity contribution is -0.113. The van der Waals surface area contributed by atoms with Crippen LogP contribution in [0.5, 0.6) is 0 Å². The molecule has 1 heterocycles. The normalized spacial score (nSPS) is 18.0. The summed E-state index contributed by atoms with van der Waals surface area (Å²) in [4.78, 5) is 12.8. The maximum Gasteiger partial charge on any atom is 0.241 e. The molecule has 1 saturated heterocycles. The topological polar surface area (TPSA) is 55.6 Å². The number of hydrogen-bond acceptors (Lipinski definition) is 4. The summed E-state index contributed by atoms with van der Waals surface area (Å²) < 4.78 is 5.28. The number of rotatable bonds is 7. The second-order valence-electron chi connectivity index (χ2n) is 3.69. The zero-order chi connectivity index (χ0) is 11.6. The van der Waals surface area contributed by atoms with Crippen LogP contribution in [0.4, 0.5) is 0 Å². The van der Waals surface area contributed by atoms with Gasteiger partial charge in [0.25, 0.3) is 0 Å². The molecule has 0 saturated carbocycles. The predicted molar refractivity (Wildman–Crippen MR) is 67.5 cm³/mol. The van der Waals surface area contributed by atoms with E-state index in [1.807, 2.05) is 17.8 Å². The smallest absolute Gasteiger partial charge is 0.241 e. The minimum absolute atomic E-state index is 0.367. The van der Waals surface area contributed by atoms with Crippen molar-refractivity contribution in [1.82, 2.24) is 4.90 Å². The van der Waals surface area contributed by atoms with Gasteiger partial charge >= 0.3 is 0 Å². The molecule has 1 rings (SSSR count). The summed E-state index contributed by atoms with van der Waals surface area (Å²) in [5.74, 6) is 1.63. The number of carbonyl (C=O) groups excluding carboxylic acids is 1. The molecule has 0 aromatic heterocycles. The van der Waals surface area contributed by atoms with Gasteiger partial charge in [0.1, 0.15) is 0 Å². The van der Waals surface area contributed by atoms with Gasteiger partial charge in [-0.25, -0.2) is 0 Å². The first-order valence-corrected chi connectivity index (χ1v) is 6.78. The van der Waals surface area contributed by atoms with E-state index in [9.17, 15) is 4.79 Å². The standard InChI is InChI=1S/C11H20N2O2S/c12-11(14)3-1-9-16-10-2-4-13-5-7-15-8-6-13/h1,3H,2,4-10H2,(H2,12,14)/b3-1+. The molecule has 1 amide bonds. The molecule has 0 aliphatic carbocycles. The fourth-order valence-electron chi connectivity index (χ4n) is 1.53. The van der Waals surface area contributed by atoms with Gasteiger partial charge in [-0.05, 0) is 24.8 Å². The van der Waals surface area contributed by atoms with E-state index in [0.29, 0.717) is 0 Å². The van der Waals surface area contributed by atoms with Crippen molar-refractivity contribution in [3.63, 3.8) is 0 Å². The monoisotopic (exact) mass is 244 g/mol. The molecule has 1 aliphatic rings. The van der Waals surface area contributed by atoms with Crippen LogP contribution in [0.2, 0.25) is 0 Å². The van der Waals surface area contributed by atoms with Crippen LogP contribution < -0.4 is 5.73 Å². The Balaban J connectivity index is 1.89. The van der Waals surface area contributed by atoms with Crippen LogP contribution in [0, 0.1) is 0 Å². The van der Waals surface area contributed by atoms with Gasteiger partial charge in [-0.3, -0.25) is 9.69 Å². The first-order valence-electron chi connectivity index (χ1n) is 5.63. The quantitative estimate of drug-likeness (QED) is 0.523. The minimum atomic E-state index is -0.367. The average Bonchev–Trinajstić information content (AvgIpc) is 2.29. The lowest BCUT2D eigenvalue weighted by Gasteiger charge is -2.26. The molecule has 0 radical (unpaired) electrons. The van der Waals surface area contributed by atoms with E-state index in [1.54, 1.807) is 0 Å². The van der Waals surface area contributed by atoms with Gasteiger partial charge < -0.3 is 10.5 Å². The van der Waals surface area contributed by atoms with E-state index in [1.165, 1.54) is 12.5 Å². The lowest BCUT2D eigenvalue weighted by Crippen LogP contribution is -2.36. The maximum atomic E-state index is 10.4. The van der Waals surface area contributed by atoms with Gasteiger partial charge in [-0.1, -0.05) is 6.08 Å². The molecule has 0 unspecified atom stereocenters. The summed E-state index contributed by atoms with van der Waals surface area (Å²) in [6.07, 6.45) is 4.44. The highest BCUT2D eigenvalue weighted by Gasteiger charge is 2.08. The molecule has 0 aromatic carbocycles.